The molecule has 0 saturated heterocycles. The number of benzene rings is 2. The van der Waals surface area contributed by atoms with Gasteiger partial charge in [0, 0.05) is 58.9 Å². The number of methoxy groups -OCH3 is 1. The summed E-state index contributed by atoms with van der Waals surface area (Å²) in [6.07, 6.45) is 1.09. The fraction of sp³-hybridized carbons (Fsp3) is 0.250. The molecule has 10 nitrogen and oxygen atoms in total. The molecule has 43 heavy (non-hydrogen) atoms. The molecule has 0 fully saturated rings. The molecule has 0 saturated carbocycles. The number of esters is 1. The van der Waals surface area contributed by atoms with Gasteiger partial charge in [0.05, 0.1) is 13.7 Å². The van der Waals surface area contributed by atoms with E-state index in [9.17, 15) is 14.4 Å². The number of carbonyl (C=O) groups excluding carboxylic acids is 3. The second kappa shape index (κ2) is 13.2. The van der Waals surface area contributed by atoms with Crippen LogP contribution in [0.15, 0.2) is 53.9 Å². The van der Waals surface area contributed by atoms with Crippen molar-refractivity contribution in [2.75, 3.05) is 32.2 Å². The van der Waals surface area contributed by atoms with Gasteiger partial charge in [-0.15, -0.1) is 11.3 Å². The first kappa shape index (κ1) is 29.9. The minimum atomic E-state index is -0.768. The van der Waals surface area contributed by atoms with Crippen LogP contribution in [0.4, 0.5) is 5.69 Å². The van der Waals surface area contributed by atoms with Crippen LogP contribution < -0.4 is 21.1 Å². The van der Waals surface area contributed by atoms with Gasteiger partial charge in [0.15, 0.2) is 5.69 Å². The highest BCUT2D eigenvalue weighted by atomic mass is 32.1. The number of aromatic nitrogens is 1. The van der Waals surface area contributed by atoms with Gasteiger partial charge in [0.1, 0.15) is 11.4 Å². The predicted octanol–water partition coefficient (Wildman–Crippen LogP) is 4.33. The number of amides is 2. The molecule has 222 valence electrons. The molecule has 0 aliphatic carbocycles. The number of carbonyl (C=O) groups is 3. The lowest BCUT2D eigenvalue weighted by Crippen LogP contribution is -2.26. The molecule has 1 aliphatic rings. The zero-order chi connectivity index (χ0) is 30.5. The highest BCUT2D eigenvalue weighted by Gasteiger charge is 2.27. The Morgan fingerprint density at radius 3 is 2.65 bits per heavy atom. The van der Waals surface area contributed by atoms with Crippen LogP contribution in [-0.4, -0.2) is 54.7 Å². The molecule has 2 aromatic heterocycles. The minimum Gasteiger partial charge on any atom is -0.493 e. The van der Waals surface area contributed by atoms with Gasteiger partial charge in [-0.3, -0.25) is 9.59 Å². The Labute approximate surface area is 252 Å². The van der Waals surface area contributed by atoms with Crippen molar-refractivity contribution in [1.82, 2.24) is 10.3 Å². The number of pyridine rings is 1. The number of ether oxygens (including phenoxy) is 2. The Morgan fingerprint density at radius 1 is 1.07 bits per heavy atom. The first-order chi connectivity index (χ1) is 20.8. The summed E-state index contributed by atoms with van der Waals surface area (Å²) < 4.78 is 11.2. The average molecular weight is 601 g/mol. The number of rotatable bonds is 9. The topological polar surface area (TPSA) is 153 Å². The quantitative estimate of drug-likeness (QED) is 0.164. The standard InChI is InChI=1S/C32H32N4O6S/c1-18-14-19(17-33)4-6-25(18)36-30(38)23-15-24-27(42-12-8-20-9-13-43-29(20)24)16-22(23)21-5-7-26(31(39)34-10-3-11-37)35-28(21)32(40)41-2/h4-7,9,13-16,37H,3,8,10-12,17,33H2,1-2H3,(H,34,39)(H,36,38). The SMILES string of the molecule is COC(=O)c1nc(C(=O)NCCCO)ccc1-c1cc2c(cc1C(=O)Nc1ccc(CN)cc1C)-c1sccc1CCO2. The number of aliphatic hydroxyl groups is 1. The first-order valence-electron chi connectivity index (χ1n) is 13.8. The molecule has 0 atom stereocenters. The van der Waals surface area contributed by atoms with E-state index in [4.69, 9.17) is 20.3 Å². The largest absolute Gasteiger partial charge is 0.493 e. The molecule has 0 unspecified atom stereocenters. The molecule has 1 aliphatic heterocycles. The summed E-state index contributed by atoms with van der Waals surface area (Å²) in [5.41, 5.74) is 11.0. The van der Waals surface area contributed by atoms with Gasteiger partial charge in [-0.2, -0.15) is 0 Å². The van der Waals surface area contributed by atoms with E-state index in [0.717, 1.165) is 27.1 Å². The number of aliphatic hydroxyl groups excluding tert-OH is 1. The number of aryl methyl sites for hydroxylation is 1. The summed E-state index contributed by atoms with van der Waals surface area (Å²) in [6.45, 7) is 2.89. The molecular formula is C32H32N4O6S. The Hall–Kier alpha value is -4.58. The molecule has 3 heterocycles. The normalized spacial score (nSPS) is 11.9. The summed E-state index contributed by atoms with van der Waals surface area (Å²) >= 11 is 1.57. The van der Waals surface area contributed by atoms with Crippen LogP contribution in [0.5, 0.6) is 5.75 Å². The Balaban J connectivity index is 1.65. The number of nitrogens with zero attached hydrogens (tertiary/aromatic N) is 1. The van der Waals surface area contributed by atoms with E-state index in [0.29, 0.717) is 48.6 Å². The van der Waals surface area contributed by atoms with Crippen molar-refractivity contribution in [2.45, 2.75) is 26.3 Å². The van der Waals surface area contributed by atoms with Crippen LogP contribution in [0, 0.1) is 6.92 Å². The first-order valence-corrected chi connectivity index (χ1v) is 14.7. The zero-order valence-corrected chi connectivity index (χ0v) is 24.7. The van der Waals surface area contributed by atoms with Gasteiger partial charge in [0.2, 0.25) is 0 Å². The van der Waals surface area contributed by atoms with Gasteiger partial charge in [-0.1, -0.05) is 12.1 Å². The fourth-order valence-corrected chi connectivity index (χ4v) is 5.91. The monoisotopic (exact) mass is 600 g/mol. The van der Waals surface area contributed by atoms with E-state index in [1.54, 1.807) is 29.5 Å². The van der Waals surface area contributed by atoms with Crippen molar-refractivity contribution in [3.63, 3.8) is 0 Å². The average Bonchev–Trinajstić information content (AvgIpc) is 3.42. The summed E-state index contributed by atoms with van der Waals surface area (Å²) in [5.74, 6) is -1.10. The number of fused-ring (bicyclic) bond motifs is 3. The molecule has 4 aromatic rings. The van der Waals surface area contributed by atoms with E-state index in [1.165, 1.54) is 13.2 Å². The zero-order valence-electron chi connectivity index (χ0n) is 23.9. The van der Waals surface area contributed by atoms with E-state index in [-0.39, 0.29) is 30.1 Å². The number of hydrogen-bond acceptors (Lipinski definition) is 9. The molecule has 5 rings (SSSR count). The van der Waals surface area contributed by atoms with Gasteiger partial charge < -0.3 is 30.9 Å². The molecule has 5 N–H and O–H groups in total. The third kappa shape index (κ3) is 6.29. The van der Waals surface area contributed by atoms with Gasteiger partial charge in [-0.05, 0) is 71.8 Å². The molecule has 0 bridgehead atoms. The predicted molar refractivity (Wildman–Crippen MR) is 165 cm³/mol. The Morgan fingerprint density at radius 2 is 1.91 bits per heavy atom. The van der Waals surface area contributed by atoms with E-state index >= 15 is 0 Å². The number of anilines is 1. The van der Waals surface area contributed by atoms with E-state index in [1.807, 2.05) is 30.5 Å². The third-order valence-electron chi connectivity index (χ3n) is 7.18. The number of hydrogen-bond donors (Lipinski definition) is 4. The second-order valence-corrected chi connectivity index (χ2v) is 10.9. The van der Waals surface area contributed by atoms with Crippen LogP contribution in [0.1, 0.15) is 54.4 Å². The molecule has 0 radical (unpaired) electrons. The van der Waals surface area contributed by atoms with Crippen LogP contribution in [0.25, 0.3) is 21.6 Å². The van der Waals surface area contributed by atoms with Crippen molar-refractivity contribution in [1.29, 1.82) is 0 Å². The maximum atomic E-state index is 14.0. The summed E-state index contributed by atoms with van der Waals surface area (Å²) in [5, 5.41) is 16.7. The summed E-state index contributed by atoms with van der Waals surface area (Å²) in [4.78, 5) is 45.1. The van der Waals surface area contributed by atoms with Crippen molar-refractivity contribution >= 4 is 34.8 Å². The van der Waals surface area contributed by atoms with Crippen LogP contribution >= 0.6 is 11.3 Å². The summed E-state index contributed by atoms with van der Waals surface area (Å²) in [6, 6.07) is 14.2. The molecular weight excluding hydrogens is 568 g/mol. The second-order valence-electron chi connectivity index (χ2n) is 9.99. The maximum Gasteiger partial charge on any atom is 0.357 e. The third-order valence-corrected chi connectivity index (χ3v) is 8.17. The highest BCUT2D eigenvalue weighted by Crippen LogP contribution is 2.43. The van der Waals surface area contributed by atoms with Crippen molar-refractivity contribution in [3.8, 4) is 27.3 Å². The van der Waals surface area contributed by atoms with Gasteiger partial charge in [0.25, 0.3) is 11.8 Å². The lowest BCUT2D eigenvalue weighted by Gasteiger charge is -2.18. The molecule has 11 heteroatoms. The van der Waals surface area contributed by atoms with Crippen LogP contribution in [-0.2, 0) is 17.7 Å². The number of nitrogens with one attached hydrogen (secondary N) is 2. The lowest BCUT2D eigenvalue weighted by atomic mass is 9.93. The van der Waals surface area contributed by atoms with E-state index in [2.05, 4.69) is 21.7 Å². The van der Waals surface area contributed by atoms with Crippen molar-refractivity contribution in [3.05, 3.63) is 87.6 Å². The van der Waals surface area contributed by atoms with E-state index < -0.39 is 17.8 Å². The molecule has 0 spiro atoms. The van der Waals surface area contributed by atoms with Gasteiger partial charge in [-0.25, -0.2) is 9.78 Å². The lowest BCUT2D eigenvalue weighted by molar-refractivity contribution is 0.0594. The number of thiophene rings is 1. The van der Waals surface area contributed by atoms with Crippen molar-refractivity contribution in [2.24, 2.45) is 5.73 Å². The Bertz CT molecular complexity index is 1700. The number of nitrogens with two attached hydrogens (primary N) is 1. The van der Waals surface area contributed by atoms with Crippen LogP contribution in [0.2, 0.25) is 0 Å². The summed E-state index contributed by atoms with van der Waals surface area (Å²) in [7, 11) is 1.22. The molecule has 2 amide bonds. The van der Waals surface area contributed by atoms with Gasteiger partial charge >= 0.3 is 5.97 Å². The maximum absolute atomic E-state index is 14.0. The Kier molecular flexibility index (Phi) is 9.15. The smallest absolute Gasteiger partial charge is 0.357 e. The molecule has 2 aromatic carbocycles. The minimum absolute atomic E-state index is 0.00190. The van der Waals surface area contributed by atoms with Crippen molar-refractivity contribution < 1.29 is 29.0 Å². The fourth-order valence-electron chi connectivity index (χ4n) is 4.94. The van der Waals surface area contributed by atoms with Crippen LogP contribution in [0.3, 0.4) is 0 Å². The highest BCUT2D eigenvalue weighted by molar-refractivity contribution is 7.13.